The molecule has 0 fully saturated rings. The van der Waals surface area contributed by atoms with Gasteiger partial charge in [-0.15, -0.1) is 0 Å². The second-order valence-corrected chi connectivity index (χ2v) is 6.20. The second kappa shape index (κ2) is 6.73. The highest BCUT2D eigenvalue weighted by Gasteiger charge is 2.19. The van der Waals surface area contributed by atoms with E-state index in [0.29, 0.717) is 18.9 Å². The Morgan fingerprint density at radius 3 is 2.93 bits per heavy atom. The number of rotatable bonds is 6. The molecule has 0 atom stereocenters. The minimum Gasteiger partial charge on any atom is -0.490 e. The van der Waals surface area contributed by atoms with Gasteiger partial charge in [-0.2, -0.15) is 5.10 Å². The van der Waals surface area contributed by atoms with Gasteiger partial charge in [0.25, 0.3) is 5.91 Å². The van der Waals surface area contributed by atoms with Gasteiger partial charge in [-0.1, -0.05) is 6.07 Å². The van der Waals surface area contributed by atoms with Crippen LogP contribution in [0.25, 0.3) is 33.1 Å². The number of carbonyl (C=O) groups excluding carboxylic acids is 1. The van der Waals surface area contributed by atoms with Crippen LogP contribution in [0, 0.1) is 0 Å². The number of fused-ring (bicyclic) bond motifs is 2. The molecule has 1 aromatic carbocycles. The third kappa shape index (κ3) is 2.89. The highest BCUT2D eigenvalue weighted by molar-refractivity contribution is 6.08. The van der Waals surface area contributed by atoms with E-state index in [2.05, 4.69) is 15.2 Å². The maximum absolute atomic E-state index is 11.7. The molecule has 0 aliphatic heterocycles. The summed E-state index contributed by atoms with van der Waals surface area (Å²) >= 11 is 0. The summed E-state index contributed by atoms with van der Waals surface area (Å²) in [5.74, 6) is 0.152. The molecule has 138 valence electrons. The van der Waals surface area contributed by atoms with Crippen LogP contribution in [0.15, 0.2) is 36.7 Å². The van der Waals surface area contributed by atoms with Crippen LogP contribution in [0.5, 0.6) is 5.75 Å². The Balaban J connectivity index is 1.98. The molecule has 0 bridgehead atoms. The number of aromatic nitrogens is 4. The van der Waals surface area contributed by atoms with Crippen molar-refractivity contribution in [2.75, 3.05) is 20.3 Å². The van der Waals surface area contributed by atoms with Crippen LogP contribution < -0.4 is 10.5 Å². The van der Waals surface area contributed by atoms with Gasteiger partial charge in [-0.05, 0) is 23.8 Å². The quantitative estimate of drug-likeness (QED) is 0.510. The molecule has 4 aromatic rings. The molecule has 8 nitrogen and oxygen atoms in total. The average molecular weight is 365 g/mol. The van der Waals surface area contributed by atoms with Crippen molar-refractivity contribution in [3.63, 3.8) is 0 Å². The third-order valence-corrected chi connectivity index (χ3v) is 4.49. The lowest BCUT2D eigenvalue weighted by Gasteiger charge is -2.10. The fraction of sp³-hybridized carbons (Fsp3) is 0.211. The number of nitrogens with one attached hydrogen (secondary N) is 1. The summed E-state index contributed by atoms with van der Waals surface area (Å²) in [5, 5.41) is 8.63. The van der Waals surface area contributed by atoms with E-state index in [-0.39, 0.29) is 5.69 Å². The topological polar surface area (TPSA) is 108 Å². The van der Waals surface area contributed by atoms with Gasteiger partial charge in [0.15, 0.2) is 5.65 Å². The molecule has 0 saturated heterocycles. The number of hydrogen-bond donors (Lipinski definition) is 2. The highest BCUT2D eigenvalue weighted by atomic mass is 16.5. The number of nitrogens with zero attached hydrogens (tertiary/aromatic N) is 3. The number of amides is 1. The molecule has 8 heteroatoms. The predicted octanol–water partition coefficient (Wildman–Crippen LogP) is 2.24. The van der Waals surface area contributed by atoms with Crippen molar-refractivity contribution in [3.8, 4) is 16.9 Å². The molecule has 3 heterocycles. The molecule has 3 N–H and O–H groups in total. The van der Waals surface area contributed by atoms with Crippen molar-refractivity contribution < 1.29 is 14.3 Å². The van der Waals surface area contributed by atoms with Crippen molar-refractivity contribution in [3.05, 3.63) is 42.4 Å². The summed E-state index contributed by atoms with van der Waals surface area (Å²) in [7, 11) is 3.60. The summed E-state index contributed by atoms with van der Waals surface area (Å²) < 4.78 is 13.0. The summed E-state index contributed by atoms with van der Waals surface area (Å²) in [6.45, 7) is 0.930. The van der Waals surface area contributed by atoms with Crippen molar-refractivity contribution in [2.45, 2.75) is 0 Å². The fourth-order valence-corrected chi connectivity index (χ4v) is 3.25. The Hall–Kier alpha value is -3.39. The van der Waals surface area contributed by atoms with E-state index in [1.54, 1.807) is 19.4 Å². The Morgan fingerprint density at radius 1 is 1.30 bits per heavy atom. The highest BCUT2D eigenvalue weighted by Crippen LogP contribution is 2.39. The number of aromatic amines is 1. The van der Waals surface area contributed by atoms with Gasteiger partial charge in [0.05, 0.1) is 18.3 Å². The number of primary amides is 1. The van der Waals surface area contributed by atoms with E-state index < -0.39 is 5.91 Å². The molecule has 3 aromatic heterocycles. The van der Waals surface area contributed by atoms with Crippen LogP contribution in [0.2, 0.25) is 0 Å². The smallest absolute Gasteiger partial charge is 0.267 e. The van der Waals surface area contributed by atoms with Crippen molar-refractivity contribution in [1.29, 1.82) is 0 Å². The number of nitrogens with two attached hydrogens (primary N) is 1. The van der Waals surface area contributed by atoms with Crippen LogP contribution in [0.3, 0.4) is 0 Å². The summed E-state index contributed by atoms with van der Waals surface area (Å²) in [4.78, 5) is 16.0. The van der Waals surface area contributed by atoms with E-state index in [1.165, 1.54) is 0 Å². The van der Waals surface area contributed by atoms with Gasteiger partial charge in [-0.3, -0.25) is 9.89 Å². The average Bonchev–Trinajstić information content (AvgIpc) is 3.26. The maximum Gasteiger partial charge on any atom is 0.267 e. The van der Waals surface area contributed by atoms with Crippen LogP contribution in [-0.2, 0) is 11.8 Å². The summed E-state index contributed by atoms with van der Waals surface area (Å²) in [6, 6.07) is 7.58. The first-order chi connectivity index (χ1) is 13.1. The van der Waals surface area contributed by atoms with Crippen LogP contribution >= 0.6 is 0 Å². The molecular formula is C19H19N5O3. The molecule has 0 radical (unpaired) electrons. The monoisotopic (exact) mass is 365 g/mol. The molecule has 1 amide bonds. The Morgan fingerprint density at radius 2 is 2.15 bits per heavy atom. The van der Waals surface area contributed by atoms with Gasteiger partial charge in [0, 0.05) is 36.7 Å². The lowest BCUT2D eigenvalue weighted by atomic mass is 10.0. The third-order valence-electron chi connectivity index (χ3n) is 4.49. The normalized spacial score (nSPS) is 11.3. The lowest BCUT2D eigenvalue weighted by Crippen LogP contribution is -2.13. The zero-order valence-electron chi connectivity index (χ0n) is 15.0. The molecule has 0 aliphatic rings. The number of aryl methyl sites for hydroxylation is 1. The number of carbonyl (C=O) groups is 1. The van der Waals surface area contributed by atoms with E-state index in [1.807, 2.05) is 36.0 Å². The Kier molecular flexibility index (Phi) is 4.25. The number of hydrogen-bond acceptors (Lipinski definition) is 5. The van der Waals surface area contributed by atoms with Crippen molar-refractivity contribution in [2.24, 2.45) is 12.8 Å². The van der Waals surface area contributed by atoms with E-state index in [0.717, 1.165) is 33.2 Å². The molecule has 0 unspecified atom stereocenters. The van der Waals surface area contributed by atoms with Gasteiger partial charge in [0.2, 0.25) is 0 Å². The molecule has 0 aliphatic carbocycles. The van der Waals surface area contributed by atoms with Crippen LogP contribution in [0.4, 0.5) is 0 Å². The maximum atomic E-state index is 11.7. The van der Waals surface area contributed by atoms with E-state index in [9.17, 15) is 4.79 Å². The van der Waals surface area contributed by atoms with E-state index >= 15 is 0 Å². The molecule has 0 spiro atoms. The minimum atomic E-state index is -0.593. The first-order valence-electron chi connectivity index (χ1n) is 8.44. The van der Waals surface area contributed by atoms with Crippen molar-refractivity contribution >= 4 is 27.8 Å². The summed E-state index contributed by atoms with van der Waals surface area (Å²) in [5.41, 5.74) is 8.90. The molecular weight excluding hydrogens is 346 g/mol. The van der Waals surface area contributed by atoms with Crippen LogP contribution in [-0.4, -0.2) is 46.0 Å². The van der Waals surface area contributed by atoms with Gasteiger partial charge >= 0.3 is 0 Å². The Bertz CT molecular complexity index is 1150. The van der Waals surface area contributed by atoms with Crippen LogP contribution in [0.1, 0.15) is 10.5 Å². The van der Waals surface area contributed by atoms with Crippen molar-refractivity contribution in [1.82, 2.24) is 19.7 Å². The predicted molar refractivity (Wildman–Crippen MR) is 102 cm³/mol. The first kappa shape index (κ1) is 17.0. The number of ether oxygens (including phenoxy) is 2. The largest absolute Gasteiger partial charge is 0.490 e. The second-order valence-electron chi connectivity index (χ2n) is 6.20. The van der Waals surface area contributed by atoms with E-state index in [4.69, 9.17) is 15.2 Å². The van der Waals surface area contributed by atoms with Gasteiger partial charge in [-0.25, -0.2) is 4.98 Å². The number of H-pyrrole nitrogens is 1. The summed E-state index contributed by atoms with van der Waals surface area (Å²) in [6.07, 6.45) is 3.69. The molecule has 4 rings (SSSR count). The zero-order valence-corrected chi connectivity index (χ0v) is 15.0. The Labute approximate surface area is 154 Å². The first-order valence-corrected chi connectivity index (χ1v) is 8.44. The number of methoxy groups -OCH3 is 1. The number of pyridine rings is 1. The van der Waals surface area contributed by atoms with Gasteiger partial charge < -0.3 is 19.8 Å². The molecule has 0 saturated carbocycles. The number of benzene rings is 1. The SMILES string of the molecule is COCCOc1cccc2c1c(-c1cc(C(N)=O)nc3[nH]ncc13)cn2C. The standard InChI is InChI=1S/C19H19N5O3/c1-24-10-13(17-15(24)4-3-5-16(17)27-7-6-26-2)11-8-14(18(20)25)22-19-12(11)9-21-23-19/h3-5,8-10H,6-7H2,1-2H3,(H2,20,25)(H,21,22,23). The van der Waals surface area contributed by atoms with Gasteiger partial charge in [0.1, 0.15) is 18.1 Å². The molecule has 27 heavy (non-hydrogen) atoms. The lowest BCUT2D eigenvalue weighted by molar-refractivity contribution is 0.0996. The zero-order chi connectivity index (χ0) is 19.0. The fourth-order valence-electron chi connectivity index (χ4n) is 3.25. The minimum absolute atomic E-state index is 0.177.